The van der Waals surface area contributed by atoms with Gasteiger partial charge in [-0.25, -0.2) is 4.79 Å². The maximum Gasteiger partial charge on any atom is 0.320 e. The molecule has 118 valence electrons. The predicted octanol–water partition coefficient (Wildman–Crippen LogP) is -0.698. The zero-order valence-electron chi connectivity index (χ0n) is 12.3. The highest BCUT2D eigenvalue weighted by Gasteiger charge is 2.41. The summed E-state index contributed by atoms with van der Waals surface area (Å²) < 4.78 is 5.22. The number of likely N-dealkylation sites (N-methyl/N-ethyl adjacent to an activating group) is 2. The first kappa shape index (κ1) is 15.6. The molecule has 2 aliphatic heterocycles. The lowest BCUT2D eigenvalue weighted by Crippen LogP contribution is -2.57. The molecule has 2 fully saturated rings. The van der Waals surface area contributed by atoms with Crippen LogP contribution in [0.3, 0.4) is 0 Å². The van der Waals surface area contributed by atoms with Gasteiger partial charge in [0, 0.05) is 26.7 Å². The minimum Gasteiger partial charge on any atom is -0.481 e. The van der Waals surface area contributed by atoms with Crippen LogP contribution in [0.1, 0.15) is 6.92 Å². The third-order valence-corrected chi connectivity index (χ3v) is 4.08. The van der Waals surface area contributed by atoms with Crippen molar-refractivity contribution in [2.24, 2.45) is 5.92 Å². The van der Waals surface area contributed by atoms with Gasteiger partial charge >= 0.3 is 12.0 Å². The van der Waals surface area contributed by atoms with E-state index in [1.54, 1.807) is 18.9 Å². The first-order chi connectivity index (χ1) is 9.95. The van der Waals surface area contributed by atoms with Crippen LogP contribution in [0, 0.1) is 5.92 Å². The van der Waals surface area contributed by atoms with Crippen molar-refractivity contribution in [1.29, 1.82) is 0 Å². The van der Waals surface area contributed by atoms with Gasteiger partial charge in [0.15, 0.2) is 0 Å². The number of carboxylic acids is 1. The van der Waals surface area contributed by atoms with Gasteiger partial charge in [-0.3, -0.25) is 9.59 Å². The van der Waals surface area contributed by atoms with E-state index in [1.807, 2.05) is 0 Å². The Morgan fingerprint density at radius 3 is 2.67 bits per heavy atom. The summed E-state index contributed by atoms with van der Waals surface area (Å²) in [5.74, 6) is -1.78. The minimum absolute atomic E-state index is 0.0388. The average molecular weight is 299 g/mol. The SMILES string of the molecule is CCN(C(=O)N1CCN(C)C(=O)C1)C1COCC1C(=O)O. The second-order valence-corrected chi connectivity index (χ2v) is 5.35. The van der Waals surface area contributed by atoms with Crippen molar-refractivity contribution in [1.82, 2.24) is 14.7 Å². The molecule has 2 heterocycles. The minimum atomic E-state index is -0.960. The number of hydrogen-bond acceptors (Lipinski definition) is 4. The van der Waals surface area contributed by atoms with Crippen molar-refractivity contribution >= 4 is 17.9 Å². The fraction of sp³-hybridized carbons (Fsp3) is 0.769. The molecule has 3 amide bonds. The second kappa shape index (κ2) is 6.30. The van der Waals surface area contributed by atoms with Crippen LogP contribution in [0.5, 0.6) is 0 Å². The summed E-state index contributed by atoms with van der Waals surface area (Å²) in [6.07, 6.45) is 0. The van der Waals surface area contributed by atoms with Gasteiger partial charge in [-0.2, -0.15) is 0 Å². The van der Waals surface area contributed by atoms with Crippen LogP contribution in [0.2, 0.25) is 0 Å². The number of urea groups is 1. The van der Waals surface area contributed by atoms with Crippen LogP contribution >= 0.6 is 0 Å². The standard InChI is InChI=1S/C13H21N3O5/c1-3-16(10-8-21-7-9(10)12(18)19)13(20)15-5-4-14(2)11(17)6-15/h9-10H,3-8H2,1-2H3,(H,18,19). The normalized spacial score (nSPS) is 26.1. The molecule has 0 radical (unpaired) electrons. The Labute approximate surface area is 123 Å². The number of aliphatic carboxylic acids is 1. The van der Waals surface area contributed by atoms with Gasteiger partial charge in [-0.1, -0.05) is 0 Å². The van der Waals surface area contributed by atoms with Crippen molar-refractivity contribution in [2.75, 3.05) is 46.4 Å². The molecule has 8 heteroatoms. The zero-order chi connectivity index (χ0) is 15.6. The predicted molar refractivity (Wildman–Crippen MR) is 72.7 cm³/mol. The van der Waals surface area contributed by atoms with E-state index >= 15 is 0 Å². The molecule has 0 spiro atoms. The van der Waals surface area contributed by atoms with Crippen molar-refractivity contribution < 1.29 is 24.2 Å². The van der Waals surface area contributed by atoms with Crippen molar-refractivity contribution in [3.05, 3.63) is 0 Å². The van der Waals surface area contributed by atoms with E-state index in [0.29, 0.717) is 19.6 Å². The number of nitrogens with zero attached hydrogens (tertiary/aromatic N) is 3. The summed E-state index contributed by atoms with van der Waals surface area (Å²) in [5.41, 5.74) is 0. The van der Waals surface area contributed by atoms with E-state index in [2.05, 4.69) is 0 Å². The molecular weight excluding hydrogens is 278 g/mol. The number of carbonyl (C=O) groups is 3. The van der Waals surface area contributed by atoms with Gasteiger partial charge in [0.2, 0.25) is 5.91 Å². The van der Waals surface area contributed by atoms with E-state index in [0.717, 1.165) is 0 Å². The van der Waals surface area contributed by atoms with Gasteiger partial charge in [-0.05, 0) is 6.92 Å². The largest absolute Gasteiger partial charge is 0.481 e. The summed E-state index contributed by atoms with van der Waals surface area (Å²) in [7, 11) is 1.70. The highest BCUT2D eigenvalue weighted by molar-refractivity contribution is 5.85. The molecule has 2 rings (SSSR count). The second-order valence-electron chi connectivity index (χ2n) is 5.35. The van der Waals surface area contributed by atoms with Crippen LogP contribution in [-0.2, 0) is 14.3 Å². The number of carboxylic acid groups (broad SMARTS) is 1. The first-order valence-corrected chi connectivity index (χ1v) is 7.05. The van der Waals surface area contributed by atoms with Crippen molar-refractivity contribution in [2.45, 2.75) is 13.0 Å². The monoisotopic (exact) mass is 299 g/mol. The number of rotatable bonds is 3. The van der Waals surface area contributed by atoms with Gasteiger partial charge in [0.1, 0.15) is 12.5 Å². The average Bonchev–Trinajstić information content (AvgIpc) is 2.92. The van der Waals surface area contributed by atoms with Crippen LogP contribution < -0.4 is 0 Å². The molecule has 1 N–H and O–H groups in total. The number of ether oxygens (including phenoxy) is 1. The molecule has 2 unspecified atom stereocenters. The fourth-order valence-electron chi connectivity index (χ4n) is 2.70. The Balaban J connectivity index is 2.08. The van der Waals surface area contributed by atoms with E-state index < -0.39 is 17.9 Å². The number of carbonyl (C=O) groups excluding carboxylic acids is 2. The molecule has 0 aliphatic carbocycles. The molecule has 2 aliphatic rings. The summed E-state index contributed by atoms with van der Waals surface area (Å²) in [6, 6.07) is -0.768. The number of hydrogen-bond donors (Lipinski definition) is 1. The van der Waals surface area contributed by atoms with E-state index in [9.17, 15) is 19.5 Å². The maximum atomic E-state index is 12.6. The van der Waals surface area contributed by atoms with Crippen molar-refractivity contribution in [3.63, 3.8) is 0 Å². The van der Waals surface area contributed by atoms with Crippen LogP contribution in [0.4, 0.5) is 4.79 Å². The lowest BCUT2D eigenvalue weighted by Gasteiger charge is -2.38. The lowest BCUT2D eigenvalue weighted by atomic mass is 10.0. The summed E-state index contributed by atoms with van der Waals surface area (Å²) in [5, 5.41) is 9.20. The molecule has 0 saturated carbocycles. The highest BCUT2D eigenvalue weighted by atomic mass is 16.5. The summed E-state index contributed by atoms with van der Waals surface area (Å²) in [6.45, 7) is 3.51. The smallest absolute Gasteiger partial charge is 0.320 e. The van der Waals surface area contributed by atoms with Crippen LogP contribution in [-0.4, -0.2) is 90.2 Å². The molecule has 0 bridgehead atoms. The van der Waals surface area contributed by atoms with E-state index in [-0.39, 0.29) is 31.7 Å². The lowest BCUT2D eigenvalue weighted by molar-refractivity contribution is -0.143. The number of amides is 3. The third kappa shape index (κ3) is 3.10. The molecular formula is C13H21N3O5. The van der Waals surface area contributed by atoms with E-state index in [4.69, 9.17) is 4.74 Å². The quantitative estimate of drug-likeness (QED) is 0.744. The first-order valence-electron chi connectivity index (χ1n) is 7.05. The van der Waals surface area contributed by atoms with Crippen molar-refractivity contribution in [3.8, 4) is 0 Å². The molecule has 21 heavy (non-hydrogen) atoms. The third-order valence-electron chi connectivity index (χ3n) is 4.08. The van der Waals surface area contributed by atoms with Gasteiger partial charge in [0.25, 0.3) is 0 Å². The molecule has 0 aromatic heterocycles. The Bertz CT molecular complexity index is 442. The summed E-state index contributed by atoms with van der Waals surface area (Å²) in [4.78, 5) is 40.1. The highest BCUT2D eigenvalue weighted by Crippen LogP contribution is 2.21. The Kier molecular flexibility index (Phi) is 4.66. The Morgan fingerprint density at radius 1 is 1.38 bits per heavy atom. The Hall–Kier alpha value is -1.83. The number of piperazine rings is 1. The molecule has 8 nitrogen and oxygen atoms in total. The molecule has 2 saturated heterocycles. The van der Waals surface area contributed by atoms with Gasteiger partial charge in [-0.15, -0.1) is 0 Å². The van der Waals surface area contributed by atoms with Gasteiger partial charge < -0.3 is 24.5 Å². The fourth-order valence-corrected chi connectivity index (χ4v) is 2.70. The van der Waals surface area contributed by atoms with Crippen LogP contribution in [0.15, 0.2) is 0 Å². The molecule has 2 atom stereocenters. The zero-order valence-corrected chi connectivity index (χ0v) is 12.3. The summed E-state index contributed by atoms with van der Waals surface area (Å²) >= 11 is 0. The Morgan fingerprint density at radius 2 is 2.10 bits per heavy atom. The van der Waals surface area contributed by atoms with Gasteiger partial charge in [0.05, 0.1) is 19.3 Å². The van der Waals surface area contributed by atoms with Crippen LogP contribution in [0.25, 0.3) is 0 Å². The molecule has 0 aromatic carbocycles. The van der Waals surface area contributed by atoms with E-state index in [1.165, 1.54) is 9.80 Å². The maximum absolute atomic E-state index is 12.6. The topological polar surface area (TPSA) is 90.4 Å². The molecule has 0 aromatic rings.